The van der Waals surface area contributed by atoms with E-state index in [1.54, 1.807) is 30.3 Å². The first kappa shape index (κ1) is 16.9. The van der Waals surface area contributed by atoms with Crippen LogP contribution in [-0.4, -0.2) is 34.9 Å². The Balaban J connectivity index is 2.83. The number of carbonyl (C=O) groups excluding carboxylic acids is 2. The van der Waals surface area contributed by atoms with Gasteiger partial charge in [-0.25, -0.2) is 0 Å². The highest BCUT2D eigenvalue weighted by molar-refractivity contribution is 5.97. The van der Waals surface area contributed by atoms with Crippen LogP contribution in [0.15, 0.2) is 37.2 Å². The Kier molecular flexibility index (Phi) is 7.15. The standard InChI is InChI=1S/C16H22N2O3/c1-4-7-14(16(20)21-6-3)15(19)18(5-2)12-13-8-10-17-11-9-13/h4,8-11,14H,1,5-7,12H2,2-3H3. The second-order valence-corrected chi connectivity index (χ2v) is 4.54. The lowest BCUT2D eigenvalue weighted by molar-refractivity contribution is -0.155. The van der Waals surface area contributed by atoms with E-state index in [0.29, 0.717) is 13.1 Å². The predicted molar refractivity (Wildman–Crippen MR) is 80.3 cm³/mol. The zero-order valence-corrected chi connectivity index (χ0v) is 12.6. The molecule has 1 heterocycles. The number of amides is 1. The molecule has 1 amide bonds. The lowest BCUT2D eigenvalue weighted by Gasteiger charge is -2.25. The van der Waals surface area contributed by atoms with Gasteiger partial charge in [0.05, 0.1) is 6.61 Å². The third kappa shape index (κ3) is 5.02. The Morgan fingerprint density at radius 2 is 2.05 bits per heavy atom. The molecule has 0 fully saturated rings. The minimum Gasteiger partial charge on any atom is -0.465 e. The molecule has 0 saturated heterocycles. The van der Waals surface area contributed by atoms with Gasteiger partial charge in [0.2, 0.25) is 5.91 Å². The molecule has 0 N–H and O–H groups in total. The van der Waals surface area contributed by atoms with Crippen LogP contribution in [0.3, 0.4) is 0 Å². The van der Waals surface area contributed by atoms with Crippen LogP contribution in [-0.2, 0) is 20.9 Å². The highest BCUT2D eigenvalue weighted by atomic mass is 16.5. The quantitative estimate of drug-likeness (QED) is 0.418. The van der Waals surface area contributed by atoms with Crippen LogP contribution in [0.2, 0.25) is 0 Å². The summed E-state index contributed by atoms with van der Waals surface area (Å²) in [6, 6.07) is 3.70. The maximum atomic E-state index is 12.5. The maximum absolute atomic E-state index is 12.5. The van der Waals surface area contributed by atoms with E-state index in [2.05, 4.69) is 11.6 Å². The zero-order valence-electron chi connectivity index (χ0n) is 12.6. The van der Waals surface area contributed by atoms with Gasteiger partial charge < -0.3 is 9.64 Å². The molecular weight excluding hydrogens is 268 g/mol. The van der Waals surface area contributed by atoms with E-state index < -0.39 is 11.9 Å². The molecule has 0 aliphatic carbocycles. The summed E-state index contributed by atoms with van der Waals surface area (Å²) < 4.78 is 4.98. The van der Waals surface area contributed by atoms with Crippen molar-refractivity contribution >= 4 is 11.9 Å². The van der Waals surface area contributed by atoms with Gasteiger partial charge in [-0.3, -0.25) is 14.6 Å². The predicted octanol–water partition coefficient (Wildman–Crippen LogP) is 2.19. The summed E-state index contributed by atoms with van der Waals surface area (Å²) >= 11 is 0. The molecule has 1 aromatic heterocycles. The molecule has 0 radical (unpaired) electrons. The SMILES string of the molecule is C=CCC(C(=O)OCC)C(=O)N(CC)Cc1ccncc1. The second kappa shape index (κ2) is 8.89. The first-order chi connectivity index (χ1) is 10.1. The first-order valence-electron chi connectivity index (χ1n) is 7.09. The fourth-order valence-electron chi connectivity index (χ4n) is 1.98. The lowest BCUT2D eigenvalue weighted by atomic mass is 10.0. The Bertz CT molecular complexity index is 474. The van der Waals surface area contributed by atoms with Crippen LogP contribution in [0.1, 0.15) is 25.8 Å². The fraction of sp³-hybridized carbons (Fsp3) is 0.438. The third-order valence-corrected chi connectivity index (χ3v) is 3.09. The molecule has 5 nitrogen and oxygen atoms in total. The number of esters is 1. The molecule has 1 atom stereocenters. The van der Waals surface area contributed by atoms with E-state index in [1.807, 2.05) is 19.1 Å². The number of carbonyl (C=O) groups is 2. The van der Waals surface area contributed by atoms with Gasteiger partial charge in [-0.1, -0.05) is 6.08 Å². The number of pyridine rings is 1. The van der Waals surface area contributed by atoms with Gasteiger partial charge in [0.1, 0.15) is 5.92 Å². The summed E-state index contributed by atoms with van der Waals surface area (Å²) in [7, 11) is 0. The lowest BCUT2D eigenvalue weighted by Crippen LogP contribution is -2.39. The van der Waals surface area contributed by atoms with E-state index in [9.17, 15) is 9.59 Å². The van der Waals surface area contributed by atoms with Gasteiger partial charge in [-0.2, -0.15) is 0 Å². The van der Waals surface area contributed by atoms with Crippen molar-refractivity contribution in [3.8, 4) is 0 Å². The van der Waals surface area contributed by atoms with E-state index in [1.165, 1.54) is 0 Å². The first-order valence-corrected chi connectivity index (χ1v) is 7.09. The molecule has 0 aliphatic heterocycles. The molecule has 0 aromatic carbocycles. The number of allylic oxidation sites excluding steroid dienone is 1. The molecule has 0 bridgehead atoms. The molecule has 114 valence electrons. The van der Waals surface area contributed by atoms with Crippen molar-refractivity contribution in [2.45, 2.75) is 26.8 Å². The van der Waals surface area contributed by atoms with Crippen molar-refractivity contribution < 1.29 is 14.3 Å². The number of nitrogens with zero attached hydrogens (tertiary/aromatic N) is 2. The van der Waals surface area contributed by atoms with E-state index in [-0.39, 0.29) is 18.9 Å². The average molecular weight is 290 g/mol. The van der Waals surface area contributed by atoms with Crippen LogP contribution in [0.5, 0.6) is 0 Å². The van der Waals surface area contributed by atoms with E-state index >= 15 is 0 Å². The summed E-state index contributed by atoms with van der Waals surface area (Å²) in [6.45, 7) is 8.45. The monoisotopic (exact) mass is 290 g/mol. The van der Waals surface area contributed by atoms with Gasteiger partial charge in [0.25, 0.3) is 0 Å². The van der Waals surface area contributed by atoms with Crippen LogP contribution in [0, 0.1) is 5.92 Å². The summed E-state index contributed by atoms with van der Waals surface area (Å²) in [5.41, 5.74) is 0.974. The molecule has 1 aromatic rings. The summed E-state index contributed by atoms with van der Waals surface area (Å²) in [6.07, 6.45) is 5.21. The maximum Gasteiger partial charge on any atom is 0.318 e. The molecule has 5 heteroatoms. The van der Waals surface area contributed by atoms with Crippen molar-refractivity contribution in [2.24, 2.45) is 5.92 Å². The van der Waals surface area contributed by atoms with E-state index in [4.69, 9.17) is 4.74 Å². The normalized spacial score (nSPS) is 11.5. The number of rotatable bonds is 8. The highest BCUT2D eigenvalue weighted by Crippen LogP contribution is 2.14. The average Bonchev–Trinajstić information content (AvgIpc) is 2.50. The zero-order chi connectivity index (χ0) is 15.7. The summed E-state index contributed by atoms with van der Waals surface area (Å²) in [4.78, 5) is 30.1. The van der Waals surface area contributed by atoms with Crippen LogP contribution < -0.4 is 0 Å². The molecule has 0 saturated carbocycles. The van der Waals surface area contributed by atoms with Gasteiger partial charge in [0.15, 0.2) is 0 Å². The Hall–Kier alpha value is -2.17. The Morgan fingerprint density at radius 3 is 2.57 bits per heavy atom. The van der Waals surface area contributed by atoms with Crippen molar-refractivity contribution in [3.63, 3.8) is 0 Å². The van der Waals surface area contributed by atoms with Crippen LogP contribution in [0.25, 0.3) is 0 Å². The summed E-state index contributed by atoms with van der Waals surface area (Å²) in [5, 5.41) is 0. The number of hydrogen-bond acceptors (Lipinski definition) is 4. The fourth-order valence-corrected chi connectivity index (χ4v) is 1.98. The van der Waals surface area contributed by atoms with E-state index in [0.717, 1.165) is 5.56 Å². The molecule has 1 unspecified atom stereocenters. The van der Waals surface area contributed by atoms with Crippen molar-refractivity contribution in [1.29, 1.82) is 0 Å². The van der Waals surface area contributed by atoms with Crippen LogP contribution in [0.4, 0.5) is 0 Å². The van der Waals surface area contributed by atoms with Crippen molar-refractivity contribution in [3.05, 3.63) is 42.7 Å². The topological polar surface area (TPSA) is 59.5 Å². The summed E-state index contributed by atoms with van der Waals surface area (Å²) in [5.74, 6) is -1.53. The largest absolute Gasteiger partial charge is 0.465 e. The number of hydrogen-bond donors (Lipinski definition) is 0. The smallest absolute Gasteiger partial charge is 0.318 e. The third-order valence-electron chi connectivity index (χ3n) is 3.09. The van der Waals surface area contributed by atoms with Gasteiger partial charge >= 0.3 is 5.97 Å². The van der Waals surface area contributed by atoms with Crippen LogP contribution >= 0.6 is 0 Å². The molecule has 0 spiro atoms. The molecule has 0 aliphatic rings. The molecule has 21 heavy (non-hydrogen) atoms. The molecule has 1 rings (SSSR count). The van der Waals surface area contributed by atoms with Crippen molar-refractivity contribution in [1.82, 2.24) is 9.88 Å². The number of aromatic nitrogens is 1. The van der Waals surface area contributed by atoms with Crippen molar-refractivity contribution in [2.75, 3.05) is 13.2 Å². The minimum atomic E-state index is -0.816. The number of ether oxygens (including phenoxy) is 1. The van der Waals surface area contributed by atoms with Gasteiger partial charge in [-0.15, -0.1) is 6.58 Å². The highest BCUT2D eigenvalue weighted by Gasteiger charge is 2.30. The van der Waals surface area contributed by atoms with Gasteiger partial charge in [-0.05, 0) is 38.0 Å². The Labute approximate surface area is 125 Å². The second-order valence-electron chi connectivity index (χ2n) is 4.54. The van der Waals surface area contributed by atoms with Gasteiger partial charge in [0, 0.05) is 25.5 Å². The minimum absolute atomic E-state index is 0.229. The molecular formula is C16H22N2O3. The Morgan fingerprint density at radius 1 is 1.38 bits per heavy atom.